The van der Waals surface area contributed by atoms with Gasteiger partial charge in [-0.15, -0.1) is 0 Å². The third-order valence-electron chi connectivity index (χ3n) is 9.36. The number of methoxy groups -OCH3 is 1. The average Bonchev–Trinajstić information content (AvgIpc) is 3.97. The highest BCUT2D eigenvalue weighted by atomic mass is 19.4. The third kappa shape index (κ3) is 9.16. The first-order valence-electron chi connectivity index (χ1n) is 18.0. The van der Waals surface area contributed by atoms with Crippen LogP contribution >= 0.6 is 0 Å². The second kappa shape index (κ2) is 16.9. The number of H-pyrrole nitrogens is 2. The molecule has 0 bridgehead atoms. The number of likely N-dealkylation sites (tertiary alicyclic amines) is 1. The fourth-order valence-electron chi connectivity index (χ4n) is 6.60. The molecular formula is C40H42F3N7O5. The quantitative estimate of drug-likeness (QED) is 0.117. The molecule has 1 aliphatic heterocycles. The normalized spacial score (nSPS) is 14.7. The van der Waals surface area contributed by atoms with Gasteiger partial charge in [-0.25, -0.2) is 19.6 Å². The minimum atomic E-state index is -4.76. The van der Waals surface area contributed by atoms with Gasteiger partial charge in [-0.05, 0) is 48.4 Å². The van der Waals surface area contributed by atoms with Gasteiger partial charge in [0, 0.05) is 18.7 Å². The van der Waals surface area contributed by atoms with Crippen LogP contribution in [-0.2, 0) is 33.6 Å². The van der Waals surface area contributed by atoms with Gasteiger partial charge in [-0.3, -0.25) is 9.69 Å². The van der Waals surface area contributed by atoms with Crippen LogP contribution < -0.4 is 5.32 Å². The van der Waals surface area contributed by atoms with Gasteiger partial charge in [0.05, 0.1) is 37.3 Å². The molecule has 1 fully saturated rings. The Bertz CT molecular complexity index is 2080. The van der Waals surface area contributed by atoms with Crippen molar-refractivity contribution in [2.75, 3.05) is 20.2 Å². The van der Waals surface area contributed by atoms with Crippen molar-refractivity contribution in [1.82, 2.24) is 35.1 Å². The van der Waals surface area contributed by atoms with E-state index in [4.69, 9.17) is 4.74 Å². The average molecular weight is 758 g/mol. The number of alkyl carbamates (subject to hydrolysis) is 1. The zero-order valence-corrected chi connectivity index (χ0v) is 30.7. The van der Waals surface area contributed by atoms with Crippen LogP contribution in [0.25, 0.3) is 33.6 Å². The number of aromatic nitrogens is 4. The molecule has 0 radical (unpaired) electrons. The highest BCUT2D eigenvalue weighted by molar-refractivity contribution is 5.85. The second-order valence-electron chi connectivity index (χ2n) is 13.3. The second-order valence-corrected chi connectivity index (χ2v) is 13.3. The first-order chi connectivity index (χ1) is 26.4. The molecule has 15 heteroatoms. The highest BCUT2D eigenvalue weighted by Crippen LogP contribution is 2.37. The van der Waals surface area contributed by atoms with Gasteiger partial charge in [0.25, 0.3) is 0 Å². The Morgan fingerprint density at radius 2 is 1.62 bits per heavy atom. The number of hydrogen-bond acceptors (Lipinski definition) is 7. The molecule has 0 saturated carbocycles. The highest BCUT2D eigenvalue weighted by Gasteiger charge is 2.38. The summed E-state index contributed by atoms with van der Waals surface area (Å²) >= 11 is 0. The lowest BCUT2D eigenvalue weighted by Crippen LogP contribution is -2.47. The number of carbonyl (C=O) groups excluding carboxylic acids is 3. The first kappa shape index (κ1) is 38.6. The fraction of sp³-hybridized carbons (Fsp3) is 0.325. The monoisotopic (exact) mass is 757 g/mol. The van der Waals surface area contributed by atoms with E-state index in [1.54, 1.807) is 35.4 Å². The van der Waals surface area contributed by atoms with Crippen molar-refractivity contribution >= 4 is 18.1 Å². The lowest BCUT2D eigenvalue weighted by Gasteiger charge is -2.24. The van der Waals surface area contributed by atoms with Crippen molar-refractivity contribution in [1.29, 1.82) is 0 Å². The van der Waals surface area contributed by atoms with Crippen LogP contribution in [-0.4, -0.2) is 74.1 Å². The van der Waals surface area contributed by atoms with Gasteiger partial charge >= 0.3 is 18.4 Å². The summed E-state index contributed by atoms with van der Waals surface area (Å²) in [4.78, 5) is 55.2. The molecule has 0 aliphatic carbocycles. The topological polar surface area (TPSA) is 146 Å². The number of benzene rings is 3. The predicted octanol–water partition coefficient (Wildman–Crippen LogP) is 8.11. The van der Waals surface area contributed by atoms with Crippen LogP contribution in [0.1, 0.15) is 62.1 Å². The Hall–Kier alpha value is -6.12. The number of alkyl halides is 3. The Morgan fingerprint density at radius 3 is 2.25 bits per heavy atom. The molecule has 288 valence electrons. The summed E-state index contributed by atoms with van der Waals surface area (Å²) in [6.45, 7) is 4.10. The van der Waals surface area contributed by atoms with Crippen molar-refractivity contribution in [2.45, 2.75) is 64.5 Å². The van der Waals surface area contributed by atoms with Crippen molar-refractivity contribution in [3.05, 3.63) is 108 Å². The number of nitrogens with zero attached hydrogens (tertiary/aromatic N) is 4. The van der Waals surface area contributed by atoms with Crippen LogP contribution in [0.3, 0.4) is 0 Å². The molecule has 12 nitrogen and oxygen atoms in total. The largest absolute Gasteiger partial charge is 0.453 e. The fourth-order valence-corrected chi connectivity index (χ4v) is 6.60. The molecule has 3 aromatic carbocycles. The predicted molar refractivity (Wildman–Crippen MR) is 198 cm³/mol. The molecule has 2 atom stereocenters. The Balaban J connectivity index is 1.13. The van der Waals surface area contributed by atoms with E-state index in [1.165, 1.54) is 18.9 Å². The summed E-state index contributed by atoms with van der Waals surface area (Å²) in [7, 11) is 1.17. The van der Waals surface area contributed by atoms with E-state index in [1.807, 2.05) is 61.5 Å². The van der Waals surface area contributed by atoms with Crippen molar-refractivity contribution in [3.8, 4) is 33.6 Å². The van der Waals surface area contributed by atoms with Gasteiger partial charge in [0.2, 0.25) is 5.91 Å². The summed E-state index contributed by atoms with van der Waals surface area (Å²) in [6, 6.07) is 22.7. The summed E-state index contributed by atoms with van der Waals surface area (Å²) in [5.74, 6) is 0.151. The number of nitrogens with one attached hydrogen (secondary N) is 3. The number of amides is 3. The lowest BCUT2D eigenvalue weighted by molar-refractivity contribution is -0.140. The number of rotatable bonds is 12. The van der Waals surface area contributed by atoms with Gasteiger partial charge in [0.1, 0.15) is 24.3 Å². The van der Waals surface area contributed by atoms with E-state index in [0.717, 1.165) is 40.8 Å². The minimum Gasteiger partial charge on any atom is -0.453 e. The molecule has 55 heavy (non-hydrogen) atoms. The van der Waals surface area contributed by atoms with Crippen molar-refractivity contribution < 1.29 is 37.0 Å². The minimum absolute atomic E-state index is 0.0420. The zero-order chi connectivity index (χ0) is 39.1. The number of ether oxygens (including phenoxy) is 2. The molecule has 0 unspecified atom stereocenters. The maximum atomic E-state index is 14.2. The molecule has 3 heterocycles. The number of halogens is 3. The number of aromatic amines is 2. The summed E-state index contributed by atoms with van der Waals surface area (Å²) in [5, 5.41) is 2.39. The Morgan fingerprint density at radius 1 is 0.964 bits per heavy atom. The van der Waals surface area contributed by atoms with Crippen LogP contribution in [0.5, 0.6) is 0 Å². The Labute approximate surface area is 316 Å². The molecule has 1 saturated heterocycles. The summed E-state index contributed by atoms with van der Waals surface area (Å²) in [6.07, 6.45) is -2.06. The SMILES string of the molecule is CCCN(Cc1nc(C(F)(F)F)c(-c2ccc(-c3ccc(-c4cnc([C@@H]5CCCN5C(=O)OCc5ccccc5)[nH]4)cc3)cc2)[nH]1)C(=O)[C@H](C)NC(=O)OC. The molecule has 3 N–H and O–H groups in total. The Kier molecular flexibility index (Phi) is 11.9. The molecule has 6 rings (SSSR count). The third-order valence-corrected chi connectivity index (χ3v) is 9.36. The van der Waals surface area contributed by atoms with E-state index in [-0.39, 0.29) is 48.9 Å². The van der Waals surface area contributed by atoms with E-state index < -0.39 is 29.9 Å². The lowest BCUT2D eigenvalue weighted by atomic mass is 10.0. The van der Waals surface area contributed by atoms with E-state index in [0.29, 0.717) is 18.8 Å². The first-order valence-corrected chi connectivity index (χ1v) is 18.0. The van der Waals surface area contributed by atoms with Crippen molar-refractivity contribution in [2.24, 2.45) is 0 Å². The molecule has 2 aromatic heterocycles. The van der Waals surface area contributed by atoms with E-state index in [2.05, 4.69) is 30.0 Å². The van der Waals surface area contributed by atoms with Crippen LogP contribution in [0.2, 0.25) is 0 Å². The van der Waals surface area contributed by atoms with Gasteiger partial charge < -0.3 is 29.7 Å². The molecule has 3 amide bonds. The van der Waals surface area contributed by atoms with E-state index >= 15 is 0 Å². The number of carbonyl (C=O) groups is 3. The molecule has 0 spiro atoms. The number of hydrogen-bond donors (Lipinski definition) is 3. The van der Waals surface area contributed by atoms with Crippen LogP contribution in [0.4, 0.5) is 22.8 Å². The van der Waals surface area contributed by atoms with Crippen LogP contribution in [0.15, 0.2) is 85.1 Å². The van der Waals surface area contributed by atoms with Gasteiger partial charge in [-0.2, -0.15) is 13.2 Å². The molecule has 1 aliphatic rings. The zero-order valence-electron chi connectivity index (χ0n) is 30.7. The molecular weight excluding hydrogens is 715 g/mol. The summed E-state index contributed by atoms with van der Waals surface area (Å²) < 4.78 is 52.7. The standard InChI is InChI=1S/C40H42F3N7O5/c1-4-20-49(37(51)25(2)45-38(52)54-3)23-33-47-34(35(48-33)40(41,42)43)30-18-14-28(15-19-30)27-12-16-29(17-13-27)31-22-44-36(46-31)32-11-8-21-50(32)39(53)55-24-26-9-6-5-7-10-26/h5-7,9-10,12-19,22,25,32H,4,8,11,20-21,23-24H2,1-3H3,(H,44,46)(H,45,52)(H,47,48)/t25-,32-/m0/s1. The van der Waals surface area contributed by atoms with Gasteiger partial charge in [-0.1, -0.05) is 85.8 Å². The van der Waals surface area contributed by atoms with Crippen LogP contribution in [0, 0.1) is 0 Å². The van der Waals surface area contributed by atoms with E-state index in [9.17, 15) is 27.6 Å². The maximum Gasteiger partial charge on any atom is 0.435 e. The molecule has 5 aromatic rings. The maximum absolute atomic E-state index is 14.2. The van der Waals surface area contributed by atoms with Crippen molar-refractivity contribution in [3.63, 3.8) is 0 Å². The van der Waals surface area contributed by atoms with Gasteiger partial charge in [0.15, 0.2) is 5.69 Å². The smallest absolute Gasteiger partial charge is 0.435 e. The number of imidazole rings is 2. The summed E-state index contributed by atoms with van der Waals surface area (Å²) in [5.41, 5.74) is 3.18.